The largest absolute Gasteiger partial charge is 0.458 e. The first-order chi connectivity index (χ1) is 38.2. The predicted molar refractivity (Wildman–Crippen MR) is 323 cm³/mol. The van der Waals surface area contributed by atoms with E-state index in [0.717, 1.165) is 107 Å². The van der Waals surface area contributed by atoms with Crippen LogP contribution in [0.15, 0.2) is 267 Å². The van der Waals surface area contributed by atoms with E-state index < -0.39 is 0 Å². The van der Waals surface area contributed by atoms with Crippen LogP contribution >= 0.6 is 11.3 Å². The van der Waals surface area contributed by atoms with E-state index in [0.29, 0.717) is 0 Å². The Bertz CT molecular complexity index is 4180. The maximum atomic E-state index is 7.64. The van der Waals surface area contributed by atoms with Gasteiger partial charge in [0.25, 0.3) is 13.4 Å². The molecule has 0 N–H and O–H groups in total. The molecule has 5 heterocycles. The van der Waals surface area contributed by atoms with Crippen molar-refractivity contribution in [3.8, 4) is 23.0 Å². The lowest BCUT2D eigenvalue weighted by atomic mass is 9.32. The fraction of sp³-hybridized carbons (Fsp3) is 0. The van der Waals surface area contributed by atoms with Crippen molar-refractivity contribution in [3.63, 3.8) is 0 Å². The lowest BCUT2D eigenvalue weighted by molar-refractivity contribution is 0.487. The molecule has 0 spiro atoms. The van der Waals surface area contributed by atoms with Crippen LogP contribution in [0.25, 0.3) is 10.1 Å². The third kappa shape index (κ3) is 6.83. The number of hydrogen-bond acceptors (Lipinski definition) is 7. The van der Waals surface area contributed by atoms with E-state index in [4.69, 9.17) is 9.47 Å². The zero-order chi connectivity index (χ0) is 50.6. The summed E-state index contributed by atoms with van der Waals surface area (Å²) in [6, 6.07) is 95.8. The Morgan fingerprint density at radius 1 is 0.325 bits per heavy atom. The first-order valence-corrected chi connectivity index (χ1v) is 27.0. The van der Waals surface area contributed by atoms with Crippen LogP contribution in [0.2, 0.25) is 0 Å². The number of ether oxygens (including phenoxy) is 2. The average Bonchev–Trinajstić information content (AvgIpc) is 4.12. The smallest absolute Gasteiger partial charge is 0.268 e. The molecule has 4 aliphatic rings. The van der Waals surface area contributed by atoms with E-state index in [9.17, 15) is 0 Å². The molecule has 0 radical (unpaired) electrons. The predicted octanol–water partition coefficient (Wildman–Crippen LogP) is 14.7. The van der Waals surface area contributed by atoms with Gasteiger partial charge in [0, 0.05) is 84.2 Å². The van der Waals surface area contributed by atoms with Gasteiger partial charge in [-0.25, -0.2) is 0 Å². The van der Waals surface area contributed by atoms with Crippen molar-refractivity contribution in [2.24, 2.45) is 0 Å². The van der Waals surface area contributed by atoms with Crippen LogP contribution < -0.4 is 61.2 Å². The Balaban J connectivity index is 0.978. The SMILES string of the molecule is c1ccc(N(c2ccccc2)c2cc3c4c(c2)N(c2ccccc2)c2cc5c(cc2B4c2ccccc2O3)B2c3sc4ccccc4c3N(c3ccccc3)c3cc(N(c4ccccc4)c4ccccc4)cc(c32)O5)cc1. The summed E-state index contributed by atoms with van der Waals surface area (Å²) in [6.45, 7) is -0.299. The molecule has 0 unspecified atom stereocenters. The van der Waals surface area contributed by atoms with E-state index in [1.165, 1.54) is 26.0 Å². The Morgan fingerprint density at radius 2 is 0.779 bits per heavy atom. The Kier molecular flexibility index (Phi) is 9.90. The average molecular weight is 1000 g/mol. The lowest BCUT2D eigenvalue weighted by Gasteiger charge is -2.43. The molecule has 16 rings (SSSR count). The van der Waals surface area contributed by atoms with Crippen LogP contribution in [0.5, 0.6) is 23.0 Å². The summed E-state index contributed by atoms with van der Waals surface area (Å²) >= 11 is 1.89. The highest BCUT2D eigenvalue weighted by Gasteiger charge is 2.48. The molecule has 9 heteroatoms. The molecule has 0 saturated carbocycles. The van der Waals surface area contributed by atoms with Crippen molar-refractivity contribution < 1.29 is 9.47 Å². The second-order valence-corrected chi connectivity index (χ2v) is 21.1. The molecular formula is C68H44B2N4O2S. The minimum Gasteiger partial charge on any atom is -0.458 e. The van der Waals surface area contributed by atoms with Gasteiger partial charge in [0.1, 0.15) is 23.0 Å². The van der Waals surface area contributed by atoms with Gasteiger partial charge in [-0.05, 0) is 124 Å². The molecule has 0 amide bonds. The van der Waals surface area contributed by atoms with Crippen molar-refractivity contribution >= 4 is 135 Å². The van der Waals surface area contributed by atoms with Crippen LogP contribution in [-0.2, 0) is 0 Å². The Hall–Kier alpha value is -9.69. The number of anilines is 12. The quantitative estimate of drug-likeness (QED) is 0.141. The van der Waals surface area contributed by atoms with E-state index >= 15 is 0 Å². The minimum atomic E-state index is -0.152. The highest BCUT2D eigenvalue weighted by molar-refractivity contribution is 7.33. The molecular weight excluding hydrogens is 958 g/mol. The molecule has 6 nitrogen and oxygen atoms in total. The fourth-order valence-corrected chi connectivity index (χ4v) is 13.8. The third-order valence-electron chi connectivity index (χ3n) is 15.6. The molecule has 77 heavy (non-hydrogen) atoms. The van der Waals surface area contributed by atoms with Crippen molar-refractivity contribution in [3.05, 3.63) is 267 Å². The van der Waals surface area contributed by atoms with Gasteiger partial charge < -0.3 is 29.1 Å². The molecule has 0 bridgehead atoms. The summed E-state index contributed by atoms with van der Waals surface area (Å²) < 4.78 is 17.3. The third-order valence-corrected chi connectivity index (χ3v) is 16.9. The zero-order valence-corrected chi connectivity index (χ0v) is 42.4. The molecule has 0 fully saturated rings. The normalized spacial score (nSPS) is 13.0. The standard InChI is InChI=1S/C68H44B2N4O2S/c1-7-23-45(24-8-1)71(46-25-9-2-10-26-46)51-39-58-65-62(41-51)75-60-37-21-20-36-54(60)69(65)55-43-56-61(44-57(55)73(58)49-31-15-5-16-32-49)76-63-42-52(72(47-27-11-3-12-28-47)48-29-13-4-14-30-48)40-59-66(63)70(56)68-67(53-35-19-22-38-64(53)77-68)74(59)50-33-17-6-18-34-50/h1-44H. The zero-order valence-electron chi connectivity index (χ0n) is 41.6. The van der Waals surface area contributed by atoms with Gasteiger partial charge in [0.15, 0.2) is 0 Å². The van der Waals surface area contributed by atoms with Crippen LogP contribution in [-0.4, -0.2) is 13.4 Å². The summed E-state index contributed by atoms with van der Waals surface area (Å²) in [7, 11) is 0. The highest BCUT2D eigenvalue weighted by Crippen LogP contribution is 2.51. The fourth-order valence-electron chi connectivity index (χ4n) is 12.5. The molecule has 0 atom stereocenters. The molecule has 0 aliphatic carbocycles. The molecule has 0 saturated heterocycles. The highest BCUT2D eigenvalue weighted by atomic mass is 32.1. The van der Waals surface area contributed by atoms with Crippen molar-refractivity contribution in [1.82, 2.24) is 0 Å². The van der Waals surface area contributed by atoms with E-state index in [1.807, 2.05) is 11.3 Å². The number of hydrogen-bond donors (Lipinski definition) is 0. The van der Waals surface area contributed by atoms with Gasteiger partial charge >= 0.3 is 0 Å². The van der Waals surface area contributed by atoms with E-state index in [2.05, 4.69) is 287 Å². The summed E-state index contributed by atoms with van der Waals surface area (Å²) in [5, 5.41) is 1.23. The van der Waals surface area contributed by atoms with Gasteiger partial charge in [0.2, 0.25) is 0 Å². The lowest BCUT2D eigenvalue weighted by Crippen LogP contribution is -2.63. The Labute approximate surface area is 451 Å². The summed E-state index contributed by atoms with van der Waals surface area (Å²) in [5.74, 6) is 3.36. The minimum absolute atomic E-state index is 0.147. The van der Waals surface area contributed by atoms with Gasteiger partial charge in [0.05, 0.1) is 17.1 Å². The monoisotopic (exact) mass is 1000 g/mol. The maximum absolute atomic E-state index is 7.64. The van der Waals surface area contributed by atoms with Crippen LogP contribution in [0.3, 0.4) is 0 Å². The number of fused-ring (bicyclic) bond motifs is 10. The molecule has 360 valence electrons. The van der Waals surface area contributed by atoms with Crippen LogP contribution in [0.4, 0.5) is 68.2 Å². The molecule has 1 aromatic heterocycles. The number of thiophene rings is 1. The van der Waals surface area contributed by atoms with Gasteiger partial charge in [-0.2, -0.15) is 0 Å². The van der Waals surface area contributed by atoms with E-state index in [-0.39, 0.29) is 13.4 Å². The van der Waals surface area contributed by atoms with Crippen LogP contribution in [0.1, 0.15) is 0 Å². The first kappa shape index (κ1) is 43.7. The summed E-state index contributed by atoms with van der Waals surface area (Å²) in [6.07, 6.45) is 0. The van der Waals surface area contributed by atoms with Gasteiger partial charge in [-0.3, -0.25) is 0 Å². The molecule has 12 aromatic rings. The number of benzene rings is 11. The summed E-state index contributed by atoms with van der Waals surface area (Å²) in [4.78, 5) is 9.61. The second kappa shape index (κ2) is 17.5. The number of rotatable bonds is 8. The van der Waals surface area contributed by atoms with Crippen molar-refractivity contribution in [2.75, 3.05) is 19.6 Å². The first-order valence-electron chi connectivity index (χ1n) is 26.2. The summed E-state index contributed by atoms with van der Waals surface area (Å²) in [5.41, 5.74) is 18.5. The van der Waals surface area contributed by atoms with Crippen LogP contribution in [0, 0.1) is 0 Å². The van der Waals surface area contributed by atoms with Gasteiger partial charge in [-0.15, -0.1) is 11.3 Å². The molecule has 11 aromatic carbocycles. The van der Waals surface area contributed by atoms with Gasteiger partial charge in [-0.1, -0.05) is 152 Å². The van der Waals surface area contributed by atoms with Crippen molar-refractivity contribution in [2.45, 2.75) is 0 Å². The second-order valence-electron chi connectivity index (χ2n) is 20.0. The number of nitrogens with zero attached hydrogens (tertiary/aromatic N) is 4. The van der Waals surface area contributed by atoms with Crippen molar-refractivity contribution in [1.29, 1.82) is 0 Å². The maximum Gasteiger partial charge on any atom is 0.268 e. The van der Waals surface area contributed by atoms with E-state index in [1.54, 1.807) is 0 Å². The number of para-hydroxylation sites is 7. The Morgan fingerprint density at radius 3 is 1.35 bits per heavy atom. The topological polar surface area (TPSA) is 31.4 Å². The molecule has 4 aliphatic heterocycles.